The fourth-order valence-corrected chi connectivity index (χ4v) is 0.899. The Morgan fingerprint density at radius 3 is 2.09 bits per heavy atom. The molecule has 1 N–H and O–H groups in total. The van der Waals surface area contributed by atoms with E-state index in [0.717, 1.165) is 11.3 Å². The van der Waals surface area contributed by atoms with Gasteiger partial charge in [-0.3, -0.25) is 0 Å². The monoisotopic (exact) mass is 151 g/mol. The third-order valence-corrected chi connectivity index (χ3v) is 1.64. The van der Waals surface area contributed by atoms with E-state index < -0.39 is 0 Å². The number of aliphatic hydroxyl groups excluding tert-OH is 1. The highest BCUT2D eigenvalue weighted by atomic mass is 16.3. The van der Waals surface area contributed by atoms with Gasteiger partial charge in [0.2, 0.25) is 0 Å². The van der Waals surface area contributed by atoms with Crippen molar-refractivity contribution in [1.29, 1.82) is 0 Å². The highest BCUT2D eigenvalue weighted by Crippen LogP contribution is 2.11. The normalized spacial score (nSPS) is 9.73. The summed E-state index contributed by atoms with van der Waals surface area (Å²) in [6, 6.07) is 7.84. The molecule has 0 aliphatic heterocycles. The summed E-state index contributed by atoms with van der Waals surface area (Å²) in [5.74, 6) is 0. The van der Waals surface area contributed by atoms with Gasteiger partial charge in [-0.15, -0.1) is 0 Å². The molecule has 0 radical (unpaired) electrons. The van der Waals surface area contributed by atoms with E-state index in [1.165, 1.54) is 0 Å². The predicted octanol–water partition coefficient (Wildman–Crippen LogP) is 1.24. The minimum Gasteiger partial charge on any atom is -0.392 e. The number of aliphatic hydroxyl groups is 1. The molecule has 0 unspecified atom stereocenters. The second-order valence-electron chi connectivity index (χ2n) is 2.72. The Morgan fingerprint density at radius 2 is 1.73 bits per heavy atom. The van der Waals surface area contributed by atoms with Crippen molar-refractivity contribution in [3.63, 3.8) is 0 Å². The lowest BCUT2D eigenvalue weighted by atomic mass is 10.2. The Kier molecular flexibility index (Phi) is 2.49. The molecule has 0 aromatic heterocycles. The lowest BCUT2D eigenvalue weighted by Gasteiger charge is -2.11. The largest absolute Gasteiger partial charge is 0.392 e. The number of benzene rings is 1. The molecule has 0 amide bonds. The van der Waals surface area contributed by atoms with Gasteiger partial charge in [0.05, 0.1) is 6.61 Å². The molecular weight excluding hydrogens is 138 g/mol. The van der Waals surface area contributed by atoms with Crippen molar-refractivity contribution in [2.24, 2.45) is 0 Å². The topological polar surface area (TPSA) is 23.5 Å². The van der Waals surface area contributed by atoms with Crippen molar-refractivity contribution >= 4 is 5.69 Å². The SMILES string of the molecule is CN(C)c1ccc(CO)cc1. The maximum absolute atomic E-state index is 8.75. The average Bonchev–Trinajstić information content (AvgIpc) is 2.05. The summed E-state index contributed by atoms with van der Waals surface area (Å²) in [6.45, 7) is 0.119. The van der Waals surface area contributed by atoms with Crippen LogP contribution in [0.5, 0.6) is 0 Å². The van der Waals surface area contributed by atoms with Gasteiger partial charge in [-0.05, 0) is 17.7 Å². The molecule has 0 bridgehead atoms. The van der Waals surface area contributed by atoms with Crippen LogP contribution < -0.4 is 4.90 Å². The molecule has 60 valence electrons. The van der Waals surface area contributed by atoms with Crippen LogP contribution in [-0.4, -0.2) is 19.2 Å². The number of hydrogen-bond donors (Lipinski definition) is 1. The zero-order chi connectivity index (χ0) is 8.27. The Labute approximate surface area is 67.1 Å². The molecule has 0 spiro atoms. The van der Waals surface area contributed by atoms with E-state index in [0.29, 0.717) is 0 Å². The fraction of sp³-hybridized carbons (Fsp3) is 0.333. The number of hydrogen-bond acceptors (Lipinski definition) is 2. The minimum atomic E-state index is 0.119. The molecule has 0 fully saturated rings. The van der Waals surface area contributed by atoms with E-state index in [1.807, 2.05) is 43.3 Å². The third kappa shape index (κ3) is 1.95. The number of anilines is 1. The molecule has 1 rings (SSSR count). The first-order valence-corrected chi connectivity index (χ1v) is 3.61. The van der Waals surface area contributed by atoms with Crippen LogP contribution in [0.3, 0.4) is 0 Å². The number of nitrogens with zero attached hydrogens (tertiary/aromatic N) is 1. The van der Waals surface area contributed by atoms with E-state index in [2.05, 4.69) is 0 Å². The maximum atomic E-state index is 8.75. The van der Waals surface area contributed by atoms with Gasteiger partial charge in [0, 0.05) is 19.8 Å². The lowest BCUT2D eigenvalue weighted by Crippen LogP contribution is -2.08. The molecule has 2 heteroatoms. The van der Waals surface area contributed by atoms with Crippen LogP contribution in [0.15, 0.2) is 24.3 Å². The van der Waals surface area contributed by atoms with Gasteiger partial charge in [0.25, 0.3) is 0 Å². The Morgan fingerprint density at radius 1 is 1.18 bits per heavy atom. The van der Waals surface area contributed by atoms with E-state index in [-0.39, 0.29) is 6.61 Å². The van der Waals surface area contributed by atoms with E-state index in [9.17, 15) is 0 Å². The van der Waals surface area contributed by atoms with Gasteiger partial charge in [-0.2, -0.15) is 0 Å². The zero-order valence-corrected chi connectivity index (χ0v) is 6.91. The summed E-state index contributed by atoms with van der Waals surface area (Å²) in [7, 11) is 3.99. The average molecular weight is 151 g/mol. The Hall–Kier alpha value is -1.02. The maximum Gasteiger partial charge on any atom is 0.0681 e. The van der Waals surface area contributed by atoms with Crippen molar-refractivity contribution in [3.8, 4) is 0 Å². The van der Waals surface area contributed by atoms with Gasteiger partial charge in [0.1, 0.15) is 0 Å². The standard InChI is InChI=1S/C9H13NO/c1-10(2)9-5-3-8(7-11)4-6-9/h3-6,11H,7H2,1-2H3. The molecular formula is C9H13NO. The lowest BCUT2D eigenvalue weighted by molar-refractivity contribution is 0.282. The Bertz CT molecular complexity index is 216. The third-order valence-electron chi connectivity index (χ3n) is 1.64. The van der Waals surface area contributed by atoms with Crippen molar-refractivity contribution in [2.75, 3.05) is 19.0 Å². The van der Waals surface area contributed by atoms with Crippen LogP contribution in [0.4, 0.5) is 5.69 Å². The van der Waals surface area contributed by atoms with Crippen LogP contribution in [0.1, 0.15) is 5.56 Å². The van der Waals surface area contributed by atoms with Gasteiger partial charge >= 0.3 is 0 Å². The highest BCUT2D eigenvalue weighted by Gasteiger charge is 1.93. The second kappa shape index (κ2) is 3.39. The summed E-state index contributed by atoms with van der Waals surface area (Å²) < 4.78 is 0. The van der Waals surface area contributed by atoms with Gasteiger partial charge in [0.15, 0.2) is 0 Å². The Balaban J connectivity index is 2.83. The van der Waals surface area contributed by atoms with Crippen LogP contribution >= 0.6 is 0 Å². The number of rotatable bonds is 2. The molecule has 11 heavy (non-hydrogen) atoms. The summed E-state index contributed by atoms with van der Waals surface area (Å²) in [5.41, 5.74) is 2.11. The molecule has 0 saturated carbocycles. The molecule has 0 aliphatic rings. The van der Waals surface area contributed by atoms with Crippen LogP contribution in [0, 0.1) is 0 Å². The molecule has 0 atom stereocenters. The fourth-order valence-electron chi connectivity index (χ4n) is 0.899. The van der Waals surface area contributed by atoms with Crippen LogP contribution in [0.2, 0.25) is 0 Å². The summed E-state index contributed by atoms with van der Waals surface area (Å²) in [6.07, 6.45) is 0. The molecule has 0 aliphatic carbocycles. The first kappa shape index (κ1) is 8.08. The van der Waals surface area contributed by atoms with Gasteiger partial charge in [-0.25, -0.2) is 0 Å². The van der Waals surface area contributed by atoms with Crippen molar-refractivity contribution in [3.05, 3.63) is 29.8 Å². The quantitative estimate of drug-likeness (QED) is 0.687. The molecule has 0 heterocycles. The van der Waals surface area contributed by atoms with Gasteiger partial charge < -0.3 is 10.0 Å². The van der Waals surface area contributed by atoms with Crippen LogP contribution in [0.25, 0.3) is 0 Å². The minimum absolute atomic E-state index is 0.119. The van der Waals surface area contributed by atoms with E-state index >= 15 is 0 Å². The molecule has 1 aromatic rings. The summed E-state index contributed by atoms with van der Waals surface area (Å²) in [4.78, 5) is 2.03. The molecule has 0 saturated heterocycles. The molecule has 2 nitrogen and oxygen atoms in total. The van der Waals surface area contributed by atoms with Crippen molar-refractivity contribution in [2.45, 2.75) is 6.61 Å². The van der Waals surface area contributed by atoms with Gasteiger partial charge in [-0.1, -0.05) is 12.1 Å². The highest BCUT2D eigenvalue weighted by molar-refractivity contribution is 5.45. The van der Waals surface area contributed by atoms with Crippen molar-refractivity contribution in [1.82, 2.24) is 0 Å². The second-order valence-corrected chi connectivity index (χ2v) is 2.72. The van der Waals surface area contributed by atoms with E-state index in [4.69, 9.17) is 5.11 Å². The van der Waals surface area contributed by atoms with Crippen molar-refractivity contribution < 1.29 is 5.11 Å². The van der Waals surface area contributed by atoms with Crippen LogP contribution in [-0.2, 0) is 6.61 Å². The first-order chi connectivity index (χ1) is 5.24. The zero-order valence-electron chi connectivity index (χ0n) is 6.91. The predicted molar refractivity (Wildman–Crippen MR) is 46.7 cm³/mol. The summed E-state index contributed by atoms with van der Waals surface area (Å²) in [5, 5.41) is 8.75. The van der Waals surface area contributed by atoms with E-state index in [1.54, 1.807) is 0 Å². The summed E-state index contributed by atoms with van der Waals surface area (Å²) >= 11 is 0. The smallest absolute Gasteiger partial charge is 0.0681 e. The first-order valence-electron chi connectivity index (χ1n) is 3.61. The molecule has 1 aromatic carbocycles.